The molecule has 0 bridgehead atoms. The average molecular weight is 244 g/mol. The SMILES string of the molecule is Cc1nc(CC(=O)NC(CO)C(=O)O)cs1. The van der Waals surface area contributed by atoms with E-state index in [1.54, 1.807) is 5.38 Å². The van der Waals surface area contributed by atoms with Gasteiger partial charge in [-0.1, -0.05) is 0 Å². The number of aryl methyl sites for hydroxylation is 1. The molecule has 1 rings (SSSR count). The molecular weight excluding hydrogens is 232 g/mol. The molecule has 0 saturated carbocycles. The normalized spacial score (nSPS) is 12.1. The monoisotopic (exact) mass is 244 g/mol. The third-order valence-electron chi connectivity index (χ3n) is 1.82. The molecule has 0 fully saturated rings. The van der Waals surface area contributed by atoms with Crippen LogP contribution in [0.15, 0.2) is 5.38 Å². The van der Waals surface area contributed by atoms with Gasteiger partial charge in [-0.25, -0.2) is 9.78 Å². The van der Waals surface area contributed by atoms with E-state index in [1.807, 2.05) is 6.92 Å². The number of aliphatic hydroxyl groups is 1. The fraction of sp³-hybridized carbons (Fsp3) is 0.444. The smallest absolute Gasteiger partial charge is 0.328 e. The number of rotatable bonds is 5. The Balaban J connectivity index is 2.50. The molecule has 1 amide bonds. The van der Waals surface area contributed by atoms with E-state index in [-0.39, 0.29) is 6.42 Å². The Kier molecular flexibility index (Phi) is 4.39. The molecule has 1 aromatic rings. The van der Waals surface area contributed by atoms with E-state index in [1.165, 1.54) is 11.3 Å². The Morgan fingerprint density at radius 3 is 2.75 bits per heavy atom. The topological polar surface area (TPSA) is 99.5 Å². The molecule has 3 N–H and O–H groups in total. The van der Waals surface area contributed by atoms with Crippen molar-refractivity contribution in [2.45, 2.75) is 19.4 Å². The minimum absolute atomic E-state index is 0.0219. The highest BCUT2D eigenvalue weighted by atomic mass is 32.1. The fourth-order valence-electron chi connectivity index (χ4n) is 1.08. The number of amides is 1. The maximum absolute atomic E-state index is 11.4. The highest BCUT2D eigenvalue weighted by Crippen LogP contribution is 2.08. The summed E-state index contributed by atoms with van der Waals surface area (Å²) < 4.78 is 0. The third kappa shape index (κ3) is 3.59. The van der Waals surface area contributed by atoms with Gasteiger partial charge in [-0.15, -0.1) is 11.3 Å². The first-order valence-electron chi connectivity index (χ1n) is 4.57. The Hall–Kier alpha value is -1.47. The number of aromatic nitrogens is 1. The number of aliphatic hydroxyl groups excluding tert-OH is 1. The molecule has 0 aliphatic rings. The number of carboxylic acid groups (broad SMARTS) is 1. The quantitative estimate of drug-likeness (QED) is 0.652. The van der Waals surface area contributed by atoms with Gasteiger partial charge in [0.1, 0.15) is 6.04 Å². The lowest BCUT2D eigenvalue weighted by Gasteiger charge is -2.10. The average Bonchev–Trinajstić information content (AvgIpc) is 2.60. The van der Waals surface area contributed by atoms with Crippen molar-refractivity contribution in [1.29, 1.82) is 0 Å². The van der Waals surface area contributed by atoms with E-state index < -0.39 is 24.5 Å². The summed E-state index contributed by atoms with van der Waals surface area (Å²) in [6.07, 6.45) is 0.0219. The molecule has 0 radical (unpaired) electrons. The van der Waals surface area contributed by atoms with Crippen molar-refractivity contribution in [1.82, 2.24) is 10.3 Å². The summed E-state index contributed by atoms with van der Waals surface area (Å²) in [6, 6.07) is -1.26. The van der Waals surface area contributed by atoms with Crippen molar-refractivity contribution in [3.05, 3.63) is 16.1 Å². The molecule has 0 aromatic carbocycles. The predicted octanol–water partition coefficient (Wildman–Crippen LogP) is -0.444. The summed E-state index contributed by atoms with van der Waals surface area (Å²) in [4.78, 5) is 26.0. The molecule has 1 heterocycles. The number of thiazole rings is 1. The van der Waals surface area contributed by atoms with E-state index in [4.69, 9.17) is 10.2 Å². The van der Waals surface area contributed by atoms with E-state index in [0.29, 0.717) is 5.69 Å². The number of carbonyl (C=O) groups is 2. The van der Waals surface area contributed by atoms with Crippen molar-refractivity contribution in [2.75, 3.05) is 6.61 Å². The highest BCUT2D eigenvalue weighted by Gasteiger charge is 2.19. The van der Waals surface area contributed by atoms with Gasteiger partial charge in [0.05, 0.1) is 23.7 Å². The van der Waals surface area contributed by atoms with Crippen LogP contribution in [-0.4, -0.2) is 39.7 Å². The first-order valence-corrected chi connectivity index (χ1v) is 5.45. The van der Waals surface area contributed by atoms with E-state index in [0.717, 1.165) is 5.01 Å². The first kappa shape index (κ1) is 12.6. The molecule has 0 aliphatic carbocycles. The number of aliphatic carboxylic acids is 1. The number of carboxylic acids is 1. The second-order valence-corrected chi connectivity index (χ2v) is 4.24. The van der Waals surface area contributed by atoms with Crippen LogP contribution in [0.1, 0.15) is 10.7 Å². The third-order valence-corrected chi connectivity index (χ3v) is 2.65. The van der Waals surface area contributed by atoms with Gasteiger partial charge in [0.25, 0.3) is 0 Å². The van der Waals surface area contributed by atoms with Crippen molar-refractivity contribution in [3.8, 4) is 0 Å². The van der Waals surface area contributed by atoms with E-state index in [2.05, 4.69) is 10.3 Å². The number of nitrogens with one attached hydrogen (secondary N) is 1. The Bertz CT molecular complexity index is 391. The Morgan fingerprint density at radius 2 is 2.31 bits per heavy atom. The van der Waals surface area contributed by atoms with Gasteiger partial charge in [0, 0.05) is 5.38 Å². The molecule has 16 heavy (non-hydrogen) atoms. The predicted molar refractivity (Wildman–Crippen MR) is 57.2 cm³/mol. The van der Waals surface area contributed by atoms with Crippen molar-refractivity contribution in [3.63, 3.8) is 0 Å². The number of hydrogen-bond donors (Lipinski definition) is 3. The molecule has 0 spiro atoms. The molecular formula is C9H12N2O4S. The second kappa shape index (κ2) is 5.57. The van der Waals surface area contributed by atoms with Crippen LogP contribution in [0.5, 0.6) is 0 Å². The van der Waals surface area contributed by atoms with Crippen LogP contribution in [0.4, 0.5) is 0 Å². The zero-order valence-corrected chi connectivity index (χ0v) is 9.45. The minimum atomic E-state index is -1.26. The summed E-state index contributed by atoms with van der Waals surface area (Å²) in [6.45, 7) is 1.19. The minimum Gasteiger partial charge on any atom is -0.480 e. The molecule has 1 atom stereocenters. The van der Waals surface area contributed by atoms with Crippen molar-refractivity contribution in [2.24, 2.45) is 0 Å². The van der Waals surface area contributed by atoms with Crippen molar-refractivity contribution >= 4 is 23.2 Å². The summed E-state index contributed by atoms with van der Waals surface area (Å²) in [5, 5.41) is 22.1. The Morgan fingerprint density at radius 1 is 1.62 bits per heavy atom. The van der Waals surface area contributed by atoms with Gasteiger partial charge in [0.15, 0.2) is 0 Å². The summed E-state index contributed by atoms with van der Waals surface area (Å²) in [7, 11) is 0. The van der Waals surface area contributed by atoms with Crippen LogP contribution in [0.25, 0.3) is 0 Å². The lowest BCUT2D eigenvalue weighted by molar-refractivity contribution is -0.142. The molecule has 1 unspecified atom stereocenters. The van der Waals surface area contributed by atoms with Crippen LogP contribution in [0.3, 0.4) is 0 Å². The van der Waals surface area contributed by atoms with Crippen LogP contribution < -0.4 is 5.32 Å². The lowest BCUT2D eigenvalue weighted by Crippen LogP contribution is -2.43. The maximum atomic E-state index is 11.4. The first-order chi connectivity index (χ1) is 7.52. The van der Waals surface area contributed by atoms with Crippen LogP contribution in [-0.2, 0) is 16.0 Å². The largest absolute Gasteiger partial charge is 0.480 e. The maximum Gasteiger partial charge on any atom is 0.328 e. The lowest BCUT2D eigenvalue weighted by atomic mass is 10.2. The number of nitrogens with zero attached hydrogens (tertiary/aromatic N) is 1. The number of carbonyl (C=O) groups excluding carboxylic acids is 1. The van der Waals surface area contributed by atoms with Gasteiger partial charge in [-0.05, 0) is 6.92 Å². The van der Waals surface area contributed by atoms with Crippen LogP contribution in [0, 0.1) is 6.92 Å². The fourth-order valence-corrected chi connectivity index (χ4v) is 1.70. The Labute approximate surface area is 95.9 Å². The van der Waals surface area contributed by atoms with Gasteiger partial charge in [-0.2, -0.15) is 0 Å². The second-order valence-electron chi connectivity index (χ2n) is 3.18. The van der Waals surface area contributed by atoms with Crippen LogP contribution in [0.2, 0.25) is 0 Å². The molecule has 1 aromatic heterocycles. The van der Waals surface area contributed by atoms with Crippen LogP contribution >= 0.6 is 11.3 Å². The summed E-state index contributed by atoms with van der Waals surface area (Å²) in [5.74, 6) is -1.72. The standard InChI is InChI=1S/C9H12N2O4S/c1-5-10-6(4-16-5)2-8(13)11-7(3-12)9(14)15/h4,7,12H,2-3H2,1H3,(H,11,13)(H,14,15). The van der Waals surface area contributed by atoms with Crippen molar-refractivity contribution < 1.29 is 19.8 Å². The van der Waals surface area contributed by atoms with E-state index >= 15 is 0 Å². The molecule has 0 aliphatic heterocycles. The summed E-state index contributed by atoms with van der Waals surface area (Å²) >= 11 is 1.42. The molecule has 6 nitrogen and oxygen atoms in total. The van der Waals surface area contributed by atoms with Gasteiger partial charge in [-0.3, -0.25) is 4.79 Å². The van der Waals surface area contributed by atoms with Gasteiger partial charge >= 0.3 is 5.97 Å². The highest BCUT2D eigenvalue weighted by molar-refractivity contribution is 7.09. The molecule has 0 saturated heterocycles. The number of hydrogen-bond acceptors (Lipinski definition) is 5. The van der Waals surface area contributed by atoms with Gasteiger partial charge in [0.2, 0.25) is 5.91 Å². The van der Waals surface area contributed by atoms with Gasteiger partial charge < -0.3 is 15.5 Å². The van der Waals surface area contributed by atoms with E-state index in [9.17, 15) is 9.59 Å². The zero-order chi connectivity index (χ0) is 12.1. The molecule has 88 valence electrons. The zero-order valence-electron chi connectivity index (χ0n) is 8.64. The summed E-state index contributed by atoms with van der Waals surface area (Å²) in [5.41, 5.74) is 0.599. The molecule has 7 heteroatoms.